The van der Waals surface area contributed by atoms with Gasteiger partial charge in [0, 0.05) is 0 Å². The minimum atomic E-state index is -1.15. The Bertz CT molecular complexity index is 1270. The normalized spacial score (nSPS) is 22.4. The van der Waals surface area contributed by atoms with Crippen LogP contribution < -0.4 is 26.7 Å². The van der Waals surface area contributed by atoms with Gasteiger partial charge in [-0.25, -0.2) is 0 Å². The molecule has 1 aromatic heterocycles. The quantitative estimate of drug-likeness (QED) is 0.447. The maximum absolute atomic E-state index is 15.5. The third-order valence-electron chi connectivity index (χ3n) is 7.75. The second-order valence-corrected chi connectivity index (χ2v) is 15.3. The number of aromatic nitrogens is 2. The maximum atomic E-state index is 15.5. The first-order chi connectivity index (χ1) is 15.8. The van der Waals surface area contributed by atoms with E-state index in [9.17, 15) is 9.59 Å². The fourth-order valence-corrected chi connectivity index (χ4v) is 11.1. The van der Waals surface area contributed by atoms with Crippen molar-refractivity contribution in [1.82, 2.24) is 9.24 Å². The van der Waals surface area contributed by atoms with Crippen LogP contribution in [-0.2, 0) is 0 Å². The van der Waals surface area contributed by atoms with Gasteiger partial charge in [0.25, 0.3) is 0 Å². The summed E-state index contributed by atoms with van der Waals surface area (Å²) in [5, 5.41) is 10.1. The summed E-state index contributed by atoms with van der Waals surface area (Å²) in [6.45, 7) is 1.43. The van der Waals surface area contributed by atoms with Crippen LogP contribution in [0, 0.1) is 23.1 Å². The molecule has 2 aromatic rings. The average Bonchev–Trinajstić information content (AvgIpc) is 3.74. The van der Waals surface area contributed by atoms with Gasteiger partial charge in [-0.05, 0) is 0 Å². The zero-order chi connectivity index (χ0) is 23.5. The number of hydrogen-bond donors (Lipinski definition) is 1. The van der Waals surface area contributed by atoms with Crippen LogP contribution in [0.2, 0.25) is 15.1 Å². The molecule has 2 unspecified atom stereocenters. The summed E-state index contributed by atoms with van der Waals surface area (Å²) in [5.74, 6) is 5.92. The molecular weight excluding hydrogens is 488 g/mol. The van der Waals surface area contributed by atoms with E-state index in [1.165, 1.54) is 30.6 Å². The molecule has 5 rings (SSSR count). The van der Waals surface area contributed by atoms with Crippen molar-refractivity contribution in [1.29, 1.82) is 5.26 Å². The summed E-state index contributed by atoms with van der Waals surface area (Å²) in [4.78, 5) is 27.6. The van der Waals surface area contributed by atoms with Crippen LogP contribution in [0.15, 0.2) is 15.7 Å². The van der Waals surface area contributed by atoms with Gasteiger partial charge < -0.3 is 0 Å². The number of nitrogens with two attached hydrogens (primary N) is 1. The van der Waals surface area contributed by atoms with E-state index in [1.54, 1.807) is 0 Å². The van der Waals surface area contributed by atoms with E-state index in [0.29, 0.717) is 39.0 Å². The number of rotatable bonds is 7. The van der Waals surface area contributed by atoms with E-state index in [2.05, 4.69) is 11.8 Å². The number of nitrogen functional groups attached to an aromatic ring is 1. The summed E-state index contributed by atoms with van der Waals surface area (Å²) >= 11 is -1.15. The van der Waals surface area contributed by atoms with E-state index in [-0.39, 0.29) is 17.2 Å². The number of hydrogen-bond acceptors (Lipinski definition) is 6. The molecule has 10 heteroatoms. The summed E-state index contributed by atoms with van der Waals surface area (Å²) in [7, 11) is 1.46. The third-order valence-corrected chi connectivity index (χ3v) is 14.5. The second kappa shape index (κ2) is 8.09. The number of ether oxygens (including phenoxy) is 1. The van der Waals surface area contributed by atoms with Crippen LogP contribution in [0.3, 0.4) is 0 Å². The molecule has 0 radical (unpaired) electrons. The van der Waals surface area contributed by atoms with Gasteiger partial charge in [-0.3, -0.25) is 0 Å². The molecule has 0 spiro atoms. The van der Waals surface area contributed by atoms with E-state index < -0.39 is 31.7 Å². The first-order valence-electron chi connectivity index (χ1n) is 11.5. The minimum absolute atomic E-state index is 0.0593. The SMILES string of the molecule is COc1c(N2CCC(C3([As](C)CCC#N)CC3)C2)c(F)cc2c(=O)n(N)c(=O)n(C3CC3)c12. The predicted molar refractivity (Wildman–Crippen MR) is 126 cm³/mol. The molecule has 1 aliphatic heterocycles. The van der Waals surface area contributed by atoms with Crippen molar-refractivity contribution in [3.63, 3.8) is 0 Å². The average molecular weight is 517 g/mol. The van der Waals surface area contributed by atoms with Crippen LogP contribution in [-0.4, -0.2) is 44.1 Å². The van der Waals surface area contributed by atoms with Gasteiger partial charge in [-0.2, -0.15) is 0 Å². The van der Waals surface area contributed by atoms with Gasteiger partial charge in [0.2, 0.25) is 0 Å². The molecule has 8 nitrogen and oxygen atoms in total. The summed E-state index contributed by atoms with van der Waals surface area (Å²) in [6, 6.07) is 3.44. The zero-order valence-corrected chi connectivity index (χ0v) is 20.9. The number of methoxy groups -OCH3 is 1. The van der Waals surface area contributed by atoms with Crippen LogP contribution in [0.4, 0.5) is 10.1 Å². The Morgan fingerprint density at radius 3 is 2.67 bits per heavy atom. The number of nitrogens with zero attached hydrogens (tertiary/aromatic N) is 4. The fourth-order valence-electron chi connectivity index (χ4n) is 5.67. The van der Waals surface area contributed by atoms with Gasteiger partial charge in [-0.15, -0.1) is 0 Å². The monoisotopic (exact) mass is 517 g/mol. The van der Waals surface area contributed by atoms with E-state index >= 15 is 4.39 Å². The fraction of sp³-hybridized carbons (Fsp3) is 0.609. The molecule has 2 atom stereocenters. The van der Waals surface area contributed by atoms with Gasteiger partial charge in [0.05, 0.1) is 0 Å². The van der Waals surface area contributed by atoms with E-state index in [1.807, 2.05) is 4.90 Å². The van der Waals surface area contributed by atoms with Crippen molar-refractivity contribution >= 4 is 31.2 Å². The first kappa shape index (κ1) is 22.3. The van der Waals surface area contributed by atoms with Gasteiger partial charge in [-0.1, -0.05) is 0 Å². The predicted octanol–water partition coefficient (Wildman–Crippen LogP) is 2.76. The molecular formula is C23H29AsFN5O3. The number of fused-ring (bicyclic) bond motifs is 1. The molecule has 2 heterocycles. The van der Waals surface area contributed by atoms with E-state index in [4.69, 9.17) is 15.8 Å². The zero-order valence-electron chi connectivity index (χ0n) is 19.0. The molecule has 1 aromatic carbocycles. The number of benzene rings is 1. The van der Waals surface area contributed by atoms with Crippen molar-refractivity contribution in [2.45, 2.75) is 59.7 Å². The Hall–Kier alpha value is -2.46. The molecule has 33 heavy (non-hydrogen) atoms. The van der Waals surface area contributed by atoms with Crippen LogP contribution >= 0.6 is 0 Å². The van der Waals surface area contributed by atoms with Crippen molar-refractivity contribution in [2.24, 2.45) is 5.92 Å². The van der Waals surface area contributed by atoms with Crippen molar-refractivity contribution in [3.8, 4) is 11.8 Å². The van der Waals surface area contributed by atoms with Crippen molar-refractivity contribution in [2.75, 3.05) is 30.9 Å². The molecule has 1 saturated heterocycles. The van der Waals surface area contributed by atoms with Crippen LogP contribution in [0.25, 0.3) is 10.9 Å². The topological polar surface area (TPSA) is 106 Å². The van der Waals surface area contributed by atoms with Crippen molar-refractivity contribution in [3.05, 3.63) is 32.7 Å². The molecule has 2 N–H and O–H groups in total. The molecule has 2 saturated carbocycles. The molecule has 3 aliphatic rings. The first-order valence-corrected chi connectivity index (χ1v) is 15.6. The Balaban J connectivity index is 1.57. The van der Waals surface area contributed by atoms with Crippen molar-refractivity contribution < 1.29 is 9.13 Å². The van der Waals surface area contributed by atoms with E-state index in [0.717, 1.165) is 31.0 Å². The standard InChI is InChI=1S/C23H29AsFN5O3/c1-24(9-3-10-26)23(7-8-23)14-6-11-28(13-14)19-17(25)12-16-18(20(19)33-2)29(15-4-5-15)22(32)30(27)21(16)31/h12,14-15H,3-9,11,13,27H2,1-2H3. The summed E-state index contributed by atoms with van der Waals surface area (Å²) in [6.07, 6.45) is 5.64. The Labute approximate surface area is 195 Å². The Morgan fingerprint density at radius 2 is 2.06 bits per heavy atom. The molecule has 176 valence electrons. The third kappa shape index (κ3) is 3.45. The van der Waals surface area contributed by atoms with Gasteiger partial charge >= 0.3 is 196 Å². The molecule has 2 aliphatic carbocycles. The number of halogens is 1. The summed E-state index contributed by atoms with van der Waals surface area (Å²) in [5.41, 5.74) is 1.74. The van der Waals surface area contributed by atoms with Crippen LogP contribution in [0.5, 0.6) is 5.75 Å². The molecule has 0 bridgehead atoms. The number of nitriles is 1. The summed E-state index contributed by atoms with van der Waals surface area (Å²) < 4.78 is 23.7. The van der Waals surface area contributed by atoms with Gasteiger partial charge in [0.15, 0.2) is 0 Å². The van der Waals surface area contributed by atoms with Crippen LogP contribution in [0.1, 0.15) is 44.6 Å². The Morgan fingerprint density at radius 1 is 1.33 bits per heavy atom. The molecule has 3 fully saturated rings. The second-order valence-electron chi connectivity index (χ2n) is 9.56. The Kier molecular flexibility index (Phi) is 5.47. The number of anilines is 1. The molecule has 0 amide bonds. The van der Waals surface area contributed by atoms with Gasteiger partial charge in [0.1, 0.15) is 0 Å².